The summed E-state index contributed by atoms with van der Waals surface area (Å²) < 4.78 is 5.69. The quantitative estimate of drug-likeness (QED) is 0.800. The fraction of sp³-hybridized carbons (Fsp3) is 0.526. The lowest BCUT2D eigenvalue weighted by molar-refractivity contribution is 0.169. The van der Waals surface area contributed by atoms with E-state index >= 15 is 0 Å². The van der Waals surface area contributed by atoms with E-state index in [0.717, 1.165) is 22.7 Å². The van der Waals surface area contributed by atoms with Gasteiger partial charge in [0.05, 0.1) is 23.9 Å². The van der Waals surface area contributed by atoms with Gasteiger partial charge in [-0.2, -0.15) is 0 Å². The highest BCUT2D eigenvalue weighted by atomic mass is 32.1. The number of ether oxygens (including phenoxy) is 1. The van der Waals surface area contributed by atoms with Gasteiger partial charge in [-0.1, -0.05) is 12.1 Å². The van der Waals surface area contributed by atoms with Gasteiger partial charge in [0, 0.05) is 11.4 Å². The third-order valence-corrected chi connectivity index (χ3v) is 5.55. The average Bonchev–Trinajstić information content (AvgIpc) is 3.13. The summed E-state index contributed by atoms with van der Waals surface area (Å²) in [7, 11) is 0. The van der Waals surface area contributed by atoms with Crippen LogP contribution in [0.4, 0.5) is 0 Å². The van der Waals surface area contributed by atoms with Crippen LogP contribution >= 0.6 is 11.3 Å². The molecule has 0 saturated heterocycles. The number of nitrogens with one attached hydrogen (secondary N) is 1. The second kappa shape index (κ2) is 7.64. The first-order valence-corrected chi connectivity index (χ1v) is 9.51. The minimum atomic E-state index is -0.560. The minimum absolute atomic E-state index is 0.127. The number of benzene rings is 1. The molecule has 0 spiro atoms. The Labute approximate surface area is 147 Å². The van der Waals surface area contributed by atoms with Crippen LogP contribution in [0.2, 0.25) is 0 Å². The molecule has 0 radical (unpaired) electrons. The van der Waals surface area contributed by atoms with E-state index < -0.39 is 6.10 Å². The van der Waals surface area contributed by atoms with Crippen molar-refractivity contribution in [1.82, 2.24) is 10.3 Å². The standard InChI is InChI=1S/C19H26N2O2S/c1-12(2)23-15-7-4-6-14(10-15)17(22)11-20-13(3)19-21-16-8-5-9-18(16)24-19/h4,6-7,10,12-13,17,20,22H,5,8-9,11H2,1-3H3. The molecule has 4 nitrogen and oxygen atoms in total. The van der Waals surface area contributed by atoms with E-state index in [4.69, 9.17) is 9.72 Å². The number of thiazole rings is 1. The summed E-state index contributed by atoms with van der Waals surface area (Å²) in [6, 6.07) is 7.84. The van der Waals surface area contributed by atoms with Crippen molar-refractivity contribution in [3.63, 3.8) is 0 Å². The molecule has 2 N–H and O–H groups in total. The number of aryl methyl sites for hydroxylation is 2. The lowest BCUT2D eigenvalue weighted by Gasteiger charge is -2.17. The van der Waals surface area contributed by atoms with Gasteiger partial charge in [0.15, 0.2) is 0 Å². The van der Waals surface area contributed by atoms with Crippen molar-refractivity contribution in [2.75, 3.05) is 6.54 Å². The number of fused-ring (bicyclic) bond motifs is 1. The maximum atomic E-state index is 10.5. The molecular weight excluding hydrogens is 320 g/mol. The molecule has 2 atom stereocenters. The van der Waals surface area contributed by atoms with Gasteiger partial charge in [-0.05, 0) is 57.7 Å². The summed E-state index contributed by atoms with van der Waals surface area (Å²) in [4.78, 5) is 6.18. The molecule has 1 aromatic heterocycles. The summed E-state index contributed by atoms with van der Waals surface area (Å²) in [5.41, 5.74) is 2.15. The van der Waals surface area contributed by atoms with E-state index in [-0.39, 0.29) is 12.1 Å². The summed E-state index contributed by atoms with van der Waals surface area (Å²) in [5.74, 6) is 0.797. The Kier molecular flexibility index (Phi) is 5.54. The van der Waals surface area contributed by atoms with E-state index in [0.29, 0.717) is 6.54 Å². The fourth-order valence-electron chi connectivity index (χ4n) is 2.96. The van der Waals surface area contributed by atoms with Crippen LogP contribution in [0, 0.1) is 0 Å². The van der Waals surface area contributed by atoms with Crippen molar-refractivity contribution in [3.05, 3.63) is 45.4 Å². The van der Waals surface area contributed by atoms with E-state index in [1.165, 1.54) is 23.4 Å². The molecule has 1 heterocycles. The van der Waals surface area contributed by atoms with Crippen LogP contribution in [0.3, 0.4) is 0 Å². The molecule has 0 aliphatic heterocycles. The topological polar surface area (TPSA) is 54.4 Å². The van der Waals surface area contributed by atoms with E-state index in [1.54, 1.807) is 0 Å². The number of aromatic nitrogens is 1. The summed E-state index contributed by atoms with van der Waals surface area (Å²) >= 11 is 1.81. The predicted molar refractivity (Wildman–Crippen MR) is 97.7 cm³/mol. The van der Waals surface area contributed by atoms with Gasteiger partial charge in [0.1, 0.15) is 10.8 Å². The molecule has 0 bridgehead atoms. The molecule has 2 aromatic rings. The van der Waals surface area contributed by atoms with E-state index in [2.05, 4.69) is 12.2 Å². The normalized spacial score (nSPS) is 16.2. The summed E-state index contributed by atoms with van der Waals surface area (Å²) in [5, 5.41) is 15.0. The van der Waals surface area contributed by atoms with Gasteiger partial charge in [-0.15, -0.1) is 11.3 Å². The molecule has 0 fully saturated rings. The Balaban J connectivity index is 1.57. The van der Waals surface area contributed by atoms with Crippen molar-refractivity contribution in [3.8, 4) is 5.75 Å². The fourth-order valence-corrected chi connectivity index (χ4v) is 4.14. The predicted octanol–water partition coefficient (Wildman–Crippen LogP) is 3.80. The maximum Gasteiger partial charge on any atom is 0.120 e. The molecule has 1 aliphatic carbocycles. The smallest absolute Gasteiger partial charge is 0.120 e. The lowest BCUT2D eigenvalue weighted by Crippen LogP contribution is -2.24. The van der Waals surface area contributed by atoms with Crippen LogP contribution in [0.5, 0.6) is 5.75 Å². The molecule has 1 aromatic carbocycles. The van der Waals surface area contributed by atoms with Crippen LogP contribution < -0.4 is 10.1 Å². The second-order valence-electron chi connectivity index (χ2n) is 6.66. The number of aliphatic hydroxyl groups is 1. The third kappa shape index (κ3) is 4.15. The molecule has 130 valence electrons. The first kappa shape index (κ1) is 17.4. The molecule has 0 saturated carbocycles. The number of aliphatic hydroxyl groups excluding tert-OH is 1. The Morgan fingerprint density at radius 3 is 2.88 bits per heavy atom. The molecule has 3 rings (SSSR count). The van der Waals surface area contributed by atoms with Crippen LogP contribution in [-0.4, -0.2) is 22.7 Å². The van der Waals surface area contributed by atoms with E-state index in [9.17, 15) is 5.11 Å². The third-order valence-electron chi connectivity index (χ3n) is 4.21. The number of rotatable bonds is 7. The second-order valence-corrected chi connectivity index (χ2v) is 7.78. The van der Waals surface area contributed by atoms with E-state index in [1.807, 2.05) is 49.4 Å². The molecule has 24 heavy (non-hydrogen) atoms. The number of hydrogen-bond donors (Lipinski definition) is 2. The summed E-state index contributed by atoms with van der Waals surface area (Å²) in [6.07, 6.45) is 3.09. The van der Waals surface area contributed by atoms with Crippen LogP contribution in [-0.2, 0) is 12.8 Å². The Hall–Kier alpha value is -1.43. The molecule has 5 heteroatoms. The van der Waals surface area contributed by atoms with Crippen LogP contribution in [0.25, 0.3) is 0 Å². The Morgan fingerprint density at radius 2 is 2.12 bits per heavy atom. The highest BCUT2D eigenvalue weighted by Gasteiger charge is 2.20. The minimum Gasteiger partial charge on any atom is -0.491 e. The molecule has 2 unspecified atom stereocenters. The monoisotopic (exact) mass is 346 g/mol. The maximum absolute atomic E-state index is 10.5. The average molecular weight is 346 g/mol. The molecule has 0 amide bonds. The van der Waals surface area contributed by atoms with Crippen molar-refractivity contribution in [2.24, 2.45) is 0 Å². The van der Waals surface area contributed by atoms with Crippen molar-refractivity contribution in [2.45, 2.75) is 58.3 Å². The zero-order chi connectivity index (χ0) is 17.1. The SMILES string of the molecule is CC(C)Oc1cccc(C(O)CNC(C)c2nc3c(s2)CCC3)c1. The lowest BCUT2D eigenvalue weighted by atomic mass is 10.1. The largest absolute Gasteiger partial charge is 0.491 e. The first-order valence-electron chi connectivity index (χ1n) is 8.69. The van der Waals surface area contributed by atoms with Crippen molar-refractivity contribution in [1.29, 1.82) is 0 Å². The number of nitrogens with zero attached hydrogens (tertiary/aromatic N) is 1. The van der Waals surface area contributed by atoms with Gasteiger partial charge in [0.2, 0.25) is 0 Å². The zero-order valence-corrected chi connectivity index (χ0v) is 15.4. The Morgan fingerprint density at radius 1 is 1.29 bits per heavy atom. The van der Waals surface area contributed by atoms with Gasteiger partial charge in [0.25, 0.3) is 0 Å². The molecule has 1 aliphatic rings. The van der Waals surface area contributed by atoms with Gasteiger partial charge >= 0.3 is 0 Å². The van der Waals surface area contributed by atoms with Gasteiger partial charge < -0.3 is 15.2 Å². The van der Waals surface area contributed by atoms with Crippen LogP contribution in [0.15, 0.2) is 24.3 Å². The number of hydrogen-bond acceptors (Lipinski definition) is 5. The highest BCUT2D eigenvalue weighted by Crippen LogP contribution is 2.30. The molecular formula is C19H26N2O2S. The van der Waals surface area contributed by atoms with Crippen molar-refractivity contribution < 1.29 is 9.84 Å². The zero-order valence-electron chi connectivity index (χ0n) is 14.6. The first-order chi connectivity index (χ1) is 11.5. The van der Waals surface area contributed by atoms with Crippen LogP contribution in [0.1, 0.15) is 60.5 Å². The Bertz CT molecular complexity index is 662. The summed E-state index contributed by atoms with van der Waals surface area (Å²) in [6.45, 7) is 6.60. The van der Waals surface area contributed by atoms with Crippen molar-refractivity contribution >= 4 is 11.3 Å². The van der Waals surface area contributed by atoms with Gasteiger partial charge in [-0.3, -0.25) is 0 Å². The highest BCUT2D eigenvalue weighted by molar-refractivity contribution is 7.11. The van der Waals surface area contributed by atoms with Gasteiger partial charge in [-0.25, -0.2) is 4.98 Å².